The fourth-order valence-corrected chi connectivity index (χ4v) is 5.20. The maximum atomic E-state index is 13.5. The lowest BCUT2D eigenvalue weighted by Crippen LogP contribution is -2.30. The fourth-order valence-electron chi connectivity index (χ4n) is 4.63. The highest BCUT2D eigenvalue weighted by atomic mass is 35.5. The molecule has 0 radical (unpaired) electrons. The molecule has 0 amide bonds. The van der Waals surface area contributed by atoms with Gasteiger partial charge in [0.25, 0.3) is 0 Å². The standard InChI is InChI=1S/C28H24ClF3N4O2S/c1-37-14-15-38-24-11-10-20(17-21(24)29)36-26(25(34-27(36)39)22-8-2-3-12-33-22)23-9-5-13-35(23)19-7-4-6-18(16-19)28(30,31)32/h2-13,16-17,25-26H,14-15H2,1H3,(H,34,39). The van der Waals surface area contributed by atoms with Gasteiger partial charge in [-0.25, -0.2) is 0 Å². The molecule has 2 aromatic heterocycles. The number of methoxy groups -OCH3 is 1. The molecule has 11 heteroatoms. The van der Waals surface area contributed by atoms with E-state index in [0.29, 0.717) is 46.2 Å². The molecule has 6 nitrogen and oxygen atoms in total. The van der Waals surface area contributed by atoms with Gasteiger partial charge < -0.3 is 24.3 Å². The van der Waals surface area contributed by atoms with Gasteiger partial charge in [-0.2, -0.15) is 13.2 Å². The molecule has 0 bridgehead atoms. The van der Waals surface area contributed by atoms with Crippen molar-refractivity contribution in [2.24, 2.45) is 0 Å². The maximum Gasteiger partial charge on any atom is 0.416 e. The number of benzene rings is 2. The Balaban J connectivity index is 1.59. The van der Waals surface area contributed by atoms with Crippen LogP contribution in [0.2, 0.25) is 5.02 Å². The van der Waals surface area contributed by atoms with Gasteiger partial charge in [-0.3, -0.25) is 4.98 Å². The minimum absolute atomic E-state index is 0.341. The van der Waals surface area contributed by atoms with Gasteiger partial charge in [0.05, 0.1) is 28.9 Å². The quantitative estimate of drug-likeness (QED) is 0.186. The summed E-state index contributed by atoms with van der Waals surface area (Å²) >= 11 is 12.3. The topological polar surface area (TPSA) is 51.6 Å². The molecule has 202 valence electrons. The molecule has 3 heterocycles. The third-order valence-corrected chi connectivity index (χ3v) is 6.98. The van der Waals surface area contributed by atoms with Gasteiger partial charge in [-0.15, -0.1) is 0 Å². The number of anilines is 1. The molecule has 0 saturated carbocycles. The van der Waals surface area contributed by atoms with Crippen molar-refractivity contribution in [3.8, 4) is 11.4 Å². The van der Waals surface area contributed by atoms with E-state index < -0.39 is 23.8 Å². The Morgan fingerprint density at radius 3 is 2.56 bits per heavy atom. The van der Waals surface area contributed by atoms with Crippen LogP contribution in [0.3, 0.4) is 0 Å². The first-order valence-corrected chi connectivity index (χ1v) is 12.8. The number of alkyl halides is 3. The highest BCUT2D eigenvalue weighted by Gasteiger charge is 2.42. The van der Waals surface area contributed by atoms with Crippen LogP contribution < -0.4 is 15.0 Å². The van der Waals surface area contributed by atoms with Gasteiger partial charge in [0.1, 0.15) is 18.4 Å². The molecule has 2 aromatic carbocycles. The Hall–Kier alpha value is -3.60. The van der Waals surface area contributed by atoms with E-state index in [1.807, 2.05) is 35.2 Å². The summed E-state index contributed by atoms with van der Waals surface area (Å²) in [4.78, 5) is 6.44. The first kappa shape index (κ1) is 27.0. The van der Waals surface area contributed by atoms with Crippen molar-refractivity contribution in [1.82, 2.24) is 14.9 Å². The number of pyridine rings is 1. The third kappa shape index (κ3) is 5.59. The molecule has 1 aliphatic rings. The van der Waals surface area contributed by atoms with Crippen LogP contribution >= 0.6 is 23.8 Å². The zero-order valence-corrected chi connectivity index (χ0v) is 22.3. The van der Waals surface area contributed by atoms with Gasteiger partial charge in [-0.1, -0.05) is 23.7 Å². The summed E-state index contributed by atoms with van der Waals surface area (Å²) in [6, 6.07) is 19.0. The summed E-state index contributed by atoms with van der Waals surface area (Å²) in [7, 11) is 1.59. The fraction of sp³-hybridized carbons (Fsp3) is 0.214. The summed E-state index contributed by atoms with van der Waals surface area (Å²) < 4.78 is 53.0. The van der Waals surface area contributed by atoms with Crippen molar-refractivity contribution >= 4 is 34.6 Å². The van der Waals surface area contributed by atoms with Gasteiger partial charge in [0.2, 0.25) is 0 Å². The second-order valence-electron chi connectivity index (χ2n) is 8.80. The Kier molecular flexibility index (Phi) is 7.79. The number of nitrogens with zero attached hydrogens (tertiary/aromatic N) is 3. The molecule has 4 aromatic rings. The van der Waals surface area contributed by atoms with E-state index in [4.69, 9.17) is 33.3 Å². The van der Waals surface area contributed by atoms with E-state index in [2.05, 4.69) is 10.3 Å². The number of hydrogen-bond acceptors (Lipinski definition) is 4. The zero-order chi connectivity index (χ0) is 27.6. The van der Waals surface area contributed by atoms with Crippen LogP contribution in [0.25, 0.3) is 5.69 Å². The lowest BCUT2D eigenvalue weighted by molar-refractivity contribution is -0.137. The van der Waals surface area contributed by atoms with Crippen LogP contribution in [-0.4, -0.2) is 35.0 Å². The molecule has 2 atom stereocenters. The normalized spacial score (nSPS) is 17.4. The van der Waals surface area contributed by atoms with Crippen LogP contribution in [-0.2, 0) is 10.9 Å². The van der Waals surface area contributed by atoms with E-state index in [1.165, 1.54) is 6.07 Å². The first-order chi connectivity index (χ1) is 18.8. The Morgan fingerprint density at radius 2 is 1.85 bits per heavy atom. The van der Waals surface area contributed by atoms with Crippen molar-refractivity contribution in [3.63, 3.8) is 0 Å². The van der Waals surface area contributed by atoms with E-state index in [-0.39, 0.29) is 0 Å². The van der Waals surface area contributed by atoms with Crippen LogP contribution in [0, 0.1) is 0 Å². The largest absolute Gasteiger partial charge is 0.490 e. The predicted octanol–water partition coefficient (Wildman–Crippen LogP) is 6.75. The number of hydrogen-bond donors (Lipinski definition) is 1. The second kappa shape index (κ2) is 11.3. The molecular weight excluding hydrogens is 549 g/mol. The summed E-state index contributed by atoms with van der Waals surface area (Å²) in [6.07, 6.45) is -1.04. The monoisotopic (exact) mass is 572 g/mol. The smallest absolute Gasteiger partial charge is 0.416 e. The highest BCUT2D eigenvalue weighted by Crippen LogP contribution is 2.44. The van der Waals surface area contributed by atoms with E-state index in [0.717, 1.165) is 17.8 Å². The summed E-state index contributed by atoms with van der Waals surface area (Å²) in [5.41, 5.74) is 1.79. The molecule has 0 aliphatic carbocycles. The van der Waals surface area contributed by atoms with E-state index in [1.54, 1.807) is 48.3 Å². The Labute approximate surface area is 233 Å². The first-order valence-electron chi connectivity index (χ1n) is 12.0. The maximum absolute atomic E-state index is 13.5. The molecule has 1 fully saturated rings. The zero-order valence-electron chi connectivity index (χ0n) is 20.7. The summed E-state index contributed by atoms with van der Waals surface area (Å²) in [5.74, 6) is 0.501. The molecular formula is C28H24ClF3N4O2S. The van der Waals surface area contributed by atoms with Crippen LogP contribution in [0.15, 0.2) is 85.2 Å². The van der Waals surface area contributed by atoms with Crippen LogP contribution in [0.5, 0.6) is 5.75 Å². The molecule has 1 N–H and O–H groups in total. The average molecular weight is 573 g/mol. The van der Waals surface area contributed by atoms with Gasteiger partial charge in [0.15, 0.2) is 5.11 Å². The molecule has 39 heavy (non-hydrogen) atoms. The minimum atomic E-state index is -4.47. The SMILES string of the molecule is COCCOc1ccc(N2C(=S)NC(c3ccccn3)C2c2cccn2-c2cccc(C(F)(F)F)c2)cc1Cl. The number of thiocarbonyl (C=S) groups is 1. The van der Waals surface area contributed by atoms with Crippen molar-refractivity contribution in [1.29, 1.82) is 0 Å². The number of ether oxygens (including phenoxy) is 2. The minimum Gasteiger partial charge on any atom is -0.490 e. The van der Waals surface area contributed by atoms with Crippen molar-refractivity contribution < 1.29 is 22.6 Å². The molecule has 2 unspecified atom stereocenters. The van der Waals surface area contributed by atoms with E-state index >= 15 is 0 Å². The Bertz CT molecular complexity index is 1460. The number of nitrogens with one attached hydrogen (secondary N) is 1. The van der Waals surface area contributed by atoms with Gasteiger partial charge in [-0.05, 0) is 72.9 Å². The molecule has 5 rings (SSSR count). The molecule has 1 saturated heterocycles. The highest BCUT2D eigenvalue weighted by molar-refractivity contribution is 7.80. The number of rotatable bonds is 8. The van der Waals surface area contributed by atoms with Crippen LogP contribution in [0.4, 0.5) is 18.9 Å². The third-order valence-electron chi connectivity index (χ3n) is 6.37. The Morgan fingerprint density at radius 1 is 1.00 bits per heavy atom. The van der Waals surface area contributed by atoms with Gasteiger partial charge >= 0.3 is 6.18 Å². The molecule has 0 spiro atoms. The van der Waals surface area contributed by atoms with Crippen molar-refractivity contribution in [2.45, 2.75) is 18.3 Å². The number of aromatic nitrogens is 2. The van der Waals surface area contributed by atoms with Crippen LogP contribution in [0.1, 0.15) is 29.0 Å². The molecule has 1 aliphatic heterocycles. The average Bonchev–Trinajstić information content (AvgIpc) is 3.54. The summed E-state index contributed by atoms with van der Waals surface area (Å²) in [6.45, 7) is 0.757. The van der Waals surface area contributed by atoms with Gasteiger partial charge in [0, 0.05) is 36.6 Å². The number of halogens is 4. The second-order valence-corrected chi connectivity index (χ2v) is 9.60. The lowest BCUT2D eigenvalue weighted by Gasteiger charge is -2.29. The lowest BCUT2D eigenvalue weighted by atomic mass is 10.0. The summed E-state index contributed by atoms with van der Waals surface area (Å²) in [5, 5.41) is 4.17. The van der Waals surface area contributed by atoms with Crippen molar-refractivity contribution in [3.05, 3.63) is 107 Å². The van der Waals surface area contributed by atoms with Crippen molar-refractivity contribution in [2.75, 3.05) is 25.2 Å². The van der Waals surface area contributed by atoms with E-state index in [9.17, 15) is 13.2 Å². The predicted molar refractivity (Wildman–Crippen MR) is 148 cm³/mol.